The number of hydrogen-bond acceptors (Lipinski definition) is 3. The number of methoxy groups -OCH3 is 1. The summed E-state index contributed by atoms with van der Waals surface area (Å²) in [6, 6.07) is 9.98. The lowest BCUT2D eigenvalue weighted by molar-refractivity contribution is 0.220. The van der Waals surface area contributed by atoms with Crippen LogP contribution >= 0.6 is 11.6 Å². The highest BCUT2D eigenvalue weighted by molar-refractivity contribution is 6.32. The Morgan fingerprint density at radius 3 is 2.59 bits per heavy atom. The number of ether oxygens (including phenoxy) is 1. The average molecular weight is 317 g/mol. The first-order valence-electron chi connectivity index (χ1n) is 7.77. The molecule has 1 aliphatic heterocycles. The van der Waals surface area contributed by atoms with Gasteiger partial charge in [-0.25, -0.2) is 0 Å². The van der Waals surface area contributed by atoms with Crippen LogP contribution < -0.4 is 4.74 Å². The summed E-state index contributed by atoms with van der Waals surface area (Å²) in [5.41, 5.74) is 3.22. The van der Waals surface area contributed by atoms with Crippen LogP contribution in [0.25, 0.3) is 11.3 Å². The standard InChI is InChI=1S/C18H21ClN2O/c1-22-18-8-6-15(11-16(18)19)17-7-5-14(12-20-17)13-21-9-3-2-4-10-21/h5-8,11-12H,2-4,9-10,13H2,1H3. The van der Waals surface area contributed by atoms with Crippen molar-refractivity contribution in [3.05, 3.63) is 47.1 Å². The van der Waals surface area contributed by atoms with E-state index in [1.54, 1.807) is 7.11 Å². The number of piperidine rings is 1. The Bertz CT molecular complexity index is 621. The Balaban J connectivity index is 1.72. The van der Waals surface area contributed by atoms with Crippen molar-refractivity contribution in [2.24, 2.45) is 0 Å². The lowest BCUT2D eigenvalue weighted by Crippen LogP contribution is -2.29. The maximum atomic E-state index is 6.18. The highest BCUT2D eigenvalue weighted by Crippen LogP contribution is 2.29. The summed E-state index contributed by atoms with van der Waals surface area (Å²) in [6.07, 6.45) is 5.97. The van der Waals surface area contributed by atoms with Gasteiger partial charge in [0.25, 0.3) is 0 Å². The molecule has 0 N–H and O–H groups in total. The van der Waals surface area contributed by atoms with Gasteiger partial charge in [-0.1, -0.05) is 24.1 Å². The van der Waals surface area contributed by atoms with Crippen LogP contribution in [-0.4, -0.2) is 30.1 Å². The molecule has 4 heteroatoms. The van der Waals surface area contributed by atoms with E-state index in [0.29, 0.717) is 10.8 Å². The minimum Gasteiger partial charge on any atom is -0.495 e. The van der Waals surface area contributed by atoms with Crippen LogP contribution in [0, 0.1) is 0 Å². The molecule has 0 atom stereocenters. The van der Waals surface area contributed by atoms with Gasteiger partial charge in [0, 0.05) is 18.3 Å². The van der Waals surface area contributed by atoms with Crippen LogP contribution in [0.4, 0.5) is 0 Å². The fraction of sp³-hybridized carbons (Fsp3) is 0.389. The van der Waals surface area contributed by atoms with Gasteiger partial charge in [-0.3, -0.25) is 9.88 Å². The van der Waals surface area contributed by atoms with Gasteiger partial charge < -0.3 is 4.74 Å². The minimum absolute atomic E-state index is 0.610. The van der Waals surface area contributed by atoms with Crippen molar-refractivity contribution in [2.45, 2.75) is 25.8 Å². The molecule has 0 aliphatic carbocycles. The van der Waals surface area contributed by atoms with E-state index in [0.717, 1.165) is 17.8 Å². The number of rotatable bonds is 4. The summed E-state index contributed by atoms with van der Waals surface area (Å²) in [4.78, 5) is 7.09. The first-order valence-corrected chi connectivity index (χ1v) is 8.15. The second-order valence-corrected chi connectivity index (χ2v) is 6.15. The maximum Gasteiger partial charge on any atom is 0.137 e. The number of nitrogens with zero attached hydrogens (tertiary/aromatic N) is 2. The molecule has 0 radical (unpaired) electrons. The molecule has 0 bridgehead atoms. The zero-order chi connectivity index (χ0) is 15.4. The van der Waals surface area contributed by atoms with E-state index in [4.69, 9.17) is 16.3 Å². The predicted octanol–water partition coefficient (Wildman–Crippen LogP) is 4.40. The first kappa shape index (κ1) is 15.3. The van der Waals surface area contributed by atoms with Crippen LogP contribution in [-0.2, 0) is 6.54 Å². The van der Waals surface area contributed by atoms with E-state index in [1.165, 1.54) is 37.9 Å². The van der Waals surface area contributed by atoms with Crippen molar-refractivity contribution >= 4 is 11.6 Å². The third-order valence-electron chi connectivity index (χ3n) is 4.13. The van der Waals surface area contributed by atoms with Crippen LogP contribution in [0.15, 0.2) is 36.5 Å². The molecule has 2 heterocycles. The highest BCUT2D eigenvalue weighted by atomic mass is 35.5. The van der Waals surface area contributed by atoms with E-state index < -0.39 is 0 Å². The molecule has 1 aromatic heterocycles. The summed E-state index contributed by atoms with van der Waals surface area (Å²) < 4.78 is 5.18. The number of likely N-dealkylation sites (tertiary alicyclic amines) is 1. The van der Waals surface area contributed by atoms with Crippen molar-refractivity contribution in [3.8, 4) is 17.0 Å². The third-order valence-corrected chi connectivity index (χ3v) is 4.42. The van der Waals surface area contributed by atoms with Crippen molar-refractivity contribution in [2.75, 3.05) is 20.2 Å². The maximum absolute atomic E-state index is 6.18. The second-order valence-electron chi connectivity index (χ2n) is 5.74. The lowest BCUT2D eigenvalue weighted by Gasteiger charge is -2.26. The summed E-state index contributed by atoms with van der Waals surface area (Å²) in [5.74, 6) is 0.687. The fourth-order valence-electron chi connectivity index (χ4n) is 2.89. The molecule has 1 aliphatic rings. The van der Waals surface area contributed by atoms with Gasteiger partial charge in [0.1, 0.15) is 5.75 Å². The Labute approximate surface area is 136 Å². The normalized spacial score (nSPS) is 15.7. The molecule has 0 spiro atoms. The van der Waals surface area contributed by atoms with Crippen molar-refractivity contribution in [1.82, 2.24) is 9.88 Å². The third kappa shape index (κ3) is 3.60. The minimum atomic E-state index is 0.610. The van der Waals surface area contributed by atoms with Gasteiger partial charge >= 0.3 is 0 Å². The van der Waals surface area contributed by atoms with E-state index >= 15 is 0 Å². The Hall–Kier alpha value is -1.58. The van der Waals surface area contributed by atoms with E-state index in [9.17, 15) is 0 Å². The summed E-state index contributed by atoms with van der Waals surface area (Å²) in [7, 11) is 1.62. The van der Waals surface area contributed by atoms with Crippen LogP contribution in [0.3, 0.4) is 0 Å². The van der Waals surface area contributed by atoms with Crippen molar-refractivity contribution in [3.63, 3.8) is 0 Å². The molecule has 3 rings (SSSR count). The molecular formula is C18H21ClN2O. The Morgan fingerprint density at radius 1 is 1.14 bits per heavy atom. The number of pyridine rings is 1. The smallest absolute Gasteiger partial charge is 0.137 e. The number of hydrogen-bond donors (Lipinski definition) is 0. The van der Waals surface area contributed by atoms with Crippen molar-refractivity contribution in [1.29, 1.82) is 0 Å². The number of benzene rings is 1. The quantitative estimate of drug-likeness (QED) is 0.836. The average Bonchev–Trinajstić information content (AvgIpc) is 2.56. The van der Waals surface area contributed by atoms with Gasteiger partial charge in [0.05, 0.1) is 17.8 Å². The molecule has 116 valence electrons. The van der Waals surface area contributed by atoms with Crippen LogP contribution in [0.5, 0.6) is 5.75 Å². The first-order chi connectivity index (χ1) is 10.8. The lowest BCUT2D eigenvalue weighted by atomic mass is 10.1. The molecule has 0 saturated carbocycles. The summed E-state index contributed by atoms with van der Waals surface area (Å²) in [6.45, 7) is 3.41. The van der Waals surface area contributed by atoms with Gasteiger partial charge in [-0.05, 0) is 55.8 Å². The number of aromatic nitrogens is 1. The number of halogens is 1. The Kier molecular flexibility index (Phi) is 4.96. The molecule has 3 nitrogen and oxygen atoms in total. The van der Waals surface area contributed by atoms with Gasteiger partial charge in [-0.2, -0.15) is 0 Å². The van der Waals surface area contributed by atoms with Gasteiger partial charge in [0.15, 0.2) is 0 Å². The van der Waals surface area contributed by atoms with Gasteiger partial charge in [0.2, 0.25) is 0 Å². The largest absolute Gasteiger partial charge is 0.495 e. The van der Waals surface area contributed by atoms with Crippen molar-refractivity contribution < 1.29 is 4.74 Å². The molecule has 1 aromatic carbocycles. The molecule has 0 unspecified atom stereocenters. The van der Waals surface area contributed by atoms with Gasteiger partial charge in [-0.15, -0.1) is 0 Å². The topological polar surface area (TPSA) is 25.4 Å². The second kappa shape index (κ2) is 7.12. The Morgan fingerprint density at radius 2 is 1.95 bits per heavy atom. The van der Waals surface area contributed by atoms with E-state index in [1.807, 2.05) is 24.4 Å². The monoisotopic (exact) mass is 316 g/mol. The van der Waals surface area contributed by atoms with E-state index in [2.05, 4.69) is 22.0 Å². The summed E-state index contributed by atoms with van der Waals surface area (Å²) >= 11 is 6.18. The molecule has 1 saturated heterocycles. The van der Waals surface area contributed by atoms with Crippen LogP contribution in [0.2, 0.25) is 5.02 Å². The van der Waals surface area contributed by atoms with E-state index in [-0.39, 0.29) is 0 Å². The molecule has 2 aromatic rings. The molecule has 1 fully saturated rings. The zero-order valence-electron chi connectivity index (χ0n) is 12.9. The SMILES string of the molecule is COc1ccc(-c2ccc(CN3CCCCC3)cn2)cc1Cl. The molecule has 22 heavy (non-hydrogen) atoms. The predicted molar refractivity (Wildman–Crippen MR) is 90.4 cm³/mol. The summed E-state index contributed by atoms with van der Waals surface area (Å²) in [5, 5.41) is 0.610. The fourth-order valence-corrected chi connectivity index (χ4v) is 3.15. The molecular weight excluding hydrogens is 296 g/mol. The molecule has 0 amide bonds. The zero-order valence-corrected chi connectivity index (χ0v) is 13.6. The van der Waals surface area contributed by atoms with Crippen LogP contribution in [0.1, 0.15) is 24.8 Å². The highest BCUT2D eigenvalue weighted by Gasteiger charge is 2.11.